The van der Waals surface area contributed by atoms with Crippen molar-refractivity contribution in [3.8, 4) is 0 Å². The Bertz CT molecular complexity index is 430. The van der Waals surface area contributed by atoms with E-state index in [1.807, 2.05) is 19.2 Å². The minimum Gasteiger partial charge on any atom is -0.325 e. The van der Waals surface area contributed by atoms with Gasteiger partial charge in [0.05, 0.1) is 6.54 Å². The smallest absolute Gasteiger partial charge is 0.238 e. The molecular weight excluding hydrogens is 250 g/mol. The summed E-state index contributed by atoms with van der Waals surface area (Å²) in [7, 11) is 1.98. The summed E-state index contributed by atoms with van der Waals surface area (Å²) >= 11 is 0. The first-order valence-corrected chi connectivity index (χ1v) is 7.49. The normalized spacial score (nSPS) is 19.2. The third kappa shape index (κ3) is 4.32. The molecule has 4 heteroatoms. The molecule has 0 spiro atoms. The quantitative estimate of drug-likeness (QED) is 0.833. The maximum Gasteiger partial charge on any atom is 0.238 e. The summed E-state index contributed by atoms with van der Waals surface area (Å²) in [6.07, 6.45) is 3.36. The van der Waals surface area contributed by atoms with Crippen LogP contribution in [0.3, 0.4) is 0 Å². The summed E-state index contributed by atoms with van der Waals surface area (Å²) in [5, 5.41) is 6.23. The molecule has 4 nitrogen and oxygen atoms in total. The van der Waals surface area contributed by atoms with Crippen LogP contribution in [-0.4, -0.2) is 43.5 Å². The summed E-state index contributed by atoms with van der Waals surface area (Å²) in [6, 6.07) is 8.68. The summed E-state index contributed by atoms with van der Waals surface area (Å²) in [5.74, 6) is 0.0741. The number of carbonyl (C=O) groups is 1. The number of hydrogen-bond donors (Lipinski definition) is 2. The Labute approximate surface area is 121 Å². The predicted molar refractivity (Wildman–Crippen MR) is 83.0 cm³/mol. The Morgan fingerprint density at radius 1 is 1.35 bits per heavy atom. The number of anilines is 1. The van der Waals surface area contributed by atoms with Gasteiger partial charge in [0.2, 0.25) is 5.91 Å². The molecule has 1 aromatic carbocycles. The highest BCUT2D eigenvalue weighted by Crippen LogP contribution is 2.12. The van der Waals surface area contributed by atoms with Gasteiger partial charge in [0.15, 0.2) is 0 Å². The molecular formula is C16H25N3O. The SMILES string of the molecule is CCCc1ccc(NC(=O)CN2CCC(NC)C2)cc1. The van der Waals surface area contributed by atoms with Crippen LogP contribution in [0.5, 0.6) is 0 Å². The van der Waals surface area contributed by atoms with Gasteiger partial charge < -0.3 is 10.6 Å². The van der Waals surface area contributed by atoms with Crippen molar-refractivity contribution in [2.45, 2.75) is 32.2 Å². The Balaban J connectivity index is 1.79. The molecule has 0 aliphatic carbocycles. The molecule has 0 saturated carbocycles. The minimum atomic E-state index is 0.0741. The number of hydrogen-bond acceptors (Lipinski definition) is 3. The van der Waals surface area contributed by atoms with Gasteiger partial charge >= 0.3 is 0 Å². The van der Waals surface area contributed by atoms with Gasteiger partial charge in [0, 0.05) is 24.8 Å². The van der Waals surface area contributed by atoms with E-state index in [0.717, 1.165) is 38.0 Å². The van der Waals surface area contributed by atoms with Crippen LogP contribution in [0.1, 0.15) is 25.3 Å². The first-order chi connectivity index (χ1) is 9.71. The number of rotatable bonds is 6. The molecule has 1 unspecified atom stereocenters. The molecule has 1 aliphatic heterocycles. The van der Waals surface area contributed by atoms with Gasteiger partial charge in [-0.2, -0.15) is 0 Å². The second-order valence-electron chi connectivity index (χ2n) is 5.50. The van der Waals surface area contributed by atoms with Crippen molar-refractivity contribution in [3.05, 3.63) is 29.8 Å². The highest BCUT2D eigenvalue weighted by Gasteiger charge is 2.22. The number of nitrogens with zero attached hydrogens (tertiary/aromatic N) is 1. The van der Waals surface area contributed by atoms with E-state index < -0.39 is 0 Å². The van der Waals surface area contributed by atoms with Crippen molar-refractivity contribution in [1.82, 2.24) is 10.2 Å². The van der Waals surface area contributed by atoms with Gasteiger partial charge in [-0.1, -0.05) is 25.5 Å². The minimum absolute atomic E-state index is 0.0741. The van der Waals surface area contributed by atoms with Crippen LogP contribution in [0.15, 0.2) is 24.3 Å². The van der Waals surface area contributed by atoms with Crippen molar-refractivity contribution in [2.75, 3.05) is 32.0 Å². The Hall–Kier alpha value is -1.39. The average molecular weight is 275 g/mol. The van der Waals surface area contributed by atoms with Crippen LogP contribution in [0, 0.1) is 0 Å². The van der Waals surface area contributed by atoms with Gasteiger partial charge in [-0.3, -0.25) is 9.69 Å². The van der Waals surface area contributed by atoms with E-state index in [1.54, 1.807) is 0 Å². The van der Waals surface area contributed by atoms with Gasteiger partial charge in [0.25, 0.3) is 0 Å². The first kappa shape index (κ1) is 15.0. The molecule has 1 saturated heterocycles. The summed E-state index contributed by atoms with van der Waals surface area (Å²) in [5.41, 5.74) is 2.21. The Kier molecular flexibility index (Phi) is 5.56. The standard InChI is InChI=1S/C16H25N3O/c1-3-4-13-5-7-14(8-6-13)18-16(20)12-19-10-9-15(11-19)17-2/h5-8,15,17H,3-4,9-12H2,1-2H3,(H,18,20). The topological polar surface area (TPSA) is 44.4 Å². The van der Waals surface area contributed by atoms with Crippen LogP contribution in [0.25, 0.3) is 0 Å². The molecule has 1 amide bonds. The van der Waals surface area contributed by atoms with Crippen molar-refractivity contribution < 1.29 is 4.79 Å². The fraction of sp³-hybridized carbons (Fsp3) is 0.562. The number of amides is 1. The second-order valence-corrected chi connectivity index (χ2v) is 5.50. The van der Waals surface area contributed by atoms with E-state index >= 15 is 0 Å². The maximum absolute atomic E-state index is 12.0. The zero-order chi connectivity index (χ0) is 14.4. The zero-order valence-electron chi connectivity index (χ0n) is 12.5. The molecule has 2 N–H and O–H groups in total. The Morgan fingerprint density at radius 2 is 2.10 bits per heavy atom. The van der Waals surface area contributed by atoms with E-state index in [-0.39, 0.29) is 5.91 Å². The molecule has 0 bridgehead atoms. The highest BCUT2D eigenvalue weighted by molar-refractivity contribution is 5.92. The monoisotopic (exact) mass is 275 g/mol. The van der Waals surface area contributed by atoms with Gasteiger partial charge in [-0.25, -0.2) is 0 Å². The maximum atomic E-state index is 12.0. The number of likely N-dealkylation sites (tertiary alicyclic amines) is 1. The molecule has 0 radical (unpaired) electrons. The second kappa shape index (κ2) is 7.41. The van der Waals surface area contributed by atoms with Crippen molar-refractivity contribution >= 4 is 11.6 Å². The van der Waals surface area contributed by atoms with Crippen molar-refractivity contribution in [1.29, 1.82) is 0 Å². The van der Waals surface area contributed by atoms with Crippen LogP contribution in [0.2, 0.25) is 0 Å². The largest absolute Gasteiger partial charge is 0.325 e. The molecule has 1 aromatic rings. The van der Waals surface area contributed by atoms with E-state index in [4.69, 9.17) is 0 Å². The van der Waals surface area contributed by atoms with E-state index in [9.17, 15) is 4.79 Å². The van der Waals surface area contributed by atoms with Gasteiger partial charge in [-0.05, 0) is 37.6 Å². The van der Waals surface area contributed by atoms with E-state index in [1.165, 1.54) is 5.56 Å². The summed E-state index contributed by atoms with van der Waals surface area (Å²) in [6.45, 7) is 4.60. The fourth-order valence-electron chi connectivity index (χ4n) is 2.66. The number of likely N-dealkylation sites (N-methyl/N-ethyl adjacent to an activating group) is 1. The molecule has 2 rings (SSSR count). The zero-order valence-corrected chi connectivity index (χ0v) is 12.5. The number of aryl methyl sites for hydroxylation is 1. The third-order valence-corrected chi connectivity index (χ3v) is 3.82. The molecule has 1 heterocycles. The first-order valence-electron chi connectivity index (χ1n) is 7.49. The van der Waals surface area contributed by atoms with Gasteiger partial charge in [0.1, 0.15) is 0 Å². The highest BCUT2D eigenvalue weighted by atomic mass is 16.2. The molecule has 1 fully saturated rings. The van der Waals surface area contributed by atoms with Crippen molar-refractivity contribution in [3.63, 3.8) is 0 Å². The van der Waals surface area contributed by atoms with Crippen LogP contribution in [-0.2, 0) is 11.2 Å². The predicted octanol–water partition coefficient (Wildman–Crippen LogP) is 1.87. The molecule has 20 heavy (non-hydrogen) atoms. The van der Waals surface area contributed by atoms with Gasteiger partial charge in [-0.15, -0.1) is 0 Å². The summed E-state index contributed by atoms with van der Waals surface area (Å²) < 4.78 is 0. The fourth-order valence-corrected chi connectivity index (χ4v) is 2.66. The number of benzene rings is 1. The molecule has 1 aliphatic rings. The third-order valence-electron chi connectivity index (χ3n) is 3.82. The van der Waals surface area contributed by atoms with Crippen LogP contribution in [0.4, 0.5) is 5.69 Å². The number of carbonyl (C=O) groups excluding carboxylic acids is 1. The number of nitrogens with one attached hydrogen (secondary N) is 2. The van der Waals surface area contributed by atoms with Crippen LogP contribution >= 0.6 is 0 Å². The lowest BCUT2D eigenvalue weighted by atomic mass is 10.1. The molecule has 110 valence electrons. The summed E-state index contributed by atoms with van der Waals surface area (Å²) in [4.78, 5) is 14.2. The van der Waals surface area contributed by atoms with E-state index in [0.29, 0.717) is 12.6 Å². The lowest BCUT2D eigenvalue weighted by Gasteiger charge is -2.15. The average Bonchev–Trinajstić information content (AvgIpc) is 2.89. The van der Waals surface area contributed by atoms with E-state index in [2.05, 4.69) is 34.6 Å². The molecule has 1 atom stereocenters. The van der Waals surface area contributed by atoms with Crippen molar-refractivity contribution in [2.24, 2.45) is 0 Å². The Morgan fingerprint density at radius 3 is 2.70 bits per heavy atom. The molecule has 0 aromatic heterocycles. The lowest BCUT2D eigenvalue weighted by molar-refractivity contribution is -0.117. The lowest BCUT2D eigenvalue weighted by Crippen LogP contribution is -2.34. The van der Waals surface area contributed by atoms with Crippen LogP contribution < -0.4 is 10.6 Å².